The number of fused-ring (bicyclic) bond motifs is 1. The molecule has 1 amide bonds. The van der Waals surface area contributed by atoms with Gasteiger partial charge in [0.25, 0.3) is 5.91 Å². The number of carbonyl (C=O) groups excluding carboxylic acids is 1. The molecule has 0 fully saturated rings. The summed E-state index contributed by atoms with van der Waals surface area (Å²) in [6.07, 6.45) is 6.34. The molecule has 0 aliphatic rings. The maximum Gasteiger partial charge on any atom is 0.254 e. The molecule has 1 N–H and O–H groups in total. The number of nitrogens with zero attached hydrogens (tertiary/aromatic N) is 3. The number of sulfone groups is 1. The van der Waals surface area contributed by atoms with Gasteiger partial charge in [0, 0.05) is 31.3 Å². The minimum Gasteiger partial charge on any atom is -0.348 e. The average Bonchev–Trinajstić information content (AvgIpc) is 3.20. The summed E-state index contributed by atoms with van der Waals surface area (Å²) in [5, 5.41) is 2.76. The van der Waals surface area contributed by atoms with Crippen molar-refractivity contribution < 1.29 is 17.6 Å². The first-order valence-corrected chi connectivity index (χ1v) is 10.1. The largest absolute Gasteiger partial charge is 0.348 e. The maximum absolute atomic E-state index is 13.3. The summed E-state index contributed by atoms with van der Waals surface area (Å²) in [6.45, 7) is 0.209. The fourth-order valence-corrected chi connectivity index (χ4v) is 4.07. The van der Waals surface area contributed by atoms with Gasteiger partial charge in [-0.2, -0.15) is 0 Å². The van der Waals surface area contributed by atoms with E-state index in [0.29, 0.717) is 16.9 Å². The van der Waals surface area contributed by atoms with Gasteiger partial charge in [0.15, 0.2) is 0 Å². The Morgan fingerprint density at radius 3 is 2.62 bits per heavy atom. The van der Waals surface area contributed by atoms with Crippen LogP contribution in [0.4, 0.5) is 4.39 Å². The summed E-state index contributed by atoms with van der Waals surface area (Å²) in [4.78, 5) is 20.4. The van der Waals surface area contributed by atoms with Crippen LogP contribution >= 0.6 is 0 Å². The zero-order valence-corrected chi connectivity index (χ0v) is 15.8. The van der Waals surface area contributed by atoms with Crippen molar-refractivity contribution in [2.45, 2.75) is 16.3 Å². The van der Waals surface area contributed by atoms with Gasteiger partial charge in [-0.15, -0.1) is 0 Å². The first kappa shape index (κ1) is 18.8. The Labute approximate surface area is 165 Å². The molecule has 0 bridgehead atoms. The van der Waals surface area contributed by atoms with Crippen LogP contribution < -0.4 is 5.32 Å². The van der Waals surface area contributed by atoms with E-state index in [2.05, 4.69) is 15.3 Å². The van der Waals surface area contributed by atoms with Crippen molar-refractivity contribution in [3.63, 3.8) is 0 Å². The Balaban J connectivity index is 1.46. The molecule has 0 unspecified atom stereocenters. The molecule has 0 saturated carbocycles. The van der Waals surface area contributed by atoms with Gasteiger partial charge in [-0.05, 0) is 35.9 Å². The highest BCUT2D eigenvalue weighted by Crippen LogP contribution is 2.21. The summed E-state index contributed by atoms with van der Waals surface area (Å²) < 4.78 is 40.2. The maximum atomic E-state index is 13.3. The van der Waals surface area contributed by atoms with Crippen molar-refractivity contribution in [3.8, 4) is 0 Å². The third kappa shape index (κ3) is 3.85. The van der Waals surface area contributed by atoms with Gasteiger partial charge in [0.1, 0.15) is 5.82 Å². The first-order valence-electron chi connectivity index (χ1n) is 8.60. The fraction of sp³-hybridized carbons (Fsp3) is 0.0500. The Kier molecular flexibility index (Phi) is 4.81. The molecule has 0 aliphatic carbocycles. The first-order chi connectivity index (χ1) is 13.9. The zero-order chi connectivity index (χ0) is 20.4. The number of hydrogen-bond donors (Lipinski definition) is 1. The van der Waals surface area contributed by atoms with Gasteiger partial charge in [0.2, 0.25) is 15.6 Å². The SMILES string of the molecule is O=C(NCc1ccc(S(=O)(=O)c2cccc(F)c2)cc1)c1cnc2nccn2c1. The molecule has 0 spiro atoms. The third-order valence-corrected chi connectivity index (χ3v) is 6.07. The highest BCUT2D eigenvalue weighted by molar-refractivity contribution is 7.91. The van der Waals surface area contributed by atoms with Gasteiger partial charge < -0.3 is 5.32 Å². The van der Waals surface area contributed by atoms with Crippen molar-refractivity contribution in [3.05, 3.63) is 90.3 Å². The summed E-state index contributed by atoms with van der Waals surface area (Å²) in [7, 11) is -3.81. The normalized spacial score (nSPS) is 11.5. The van der Waals surface area contributed by atoms with E-state index in [9.17, 15) is 17.6 Å². The number of benzene rings is 2. The van der Waals surface area contributed by atoms with Gasteiger partial charge in [-0.3, -0.25) is 9.20 Å². The quantitative estimate of drug-likeness (QED) is 0.546. The smallest absolute Gasteiger partial charge is 0.254 e. The minimum absolute atomic E-state index is 0.0490. The summed E-state index contributed by atoms with van der Waals surface area (Å²) in [5.74, 6) is -0.435. The predicted octanol–water partition coefficient (Wildman–Crippen LogP) is 2.63. The van der Waals surface area contributed by atoms with Crippen molar-refractivity contribution >= 4 is 21.5 Å². The molecule has 0 aliphatic heterocycles. The van der Waals surface area contributed by atoms with Crippen LogP contribution in [-0.2, 0) is 16.4 Å². The van der Waals surface area contributed by atoms with Crippen LogP contribution in [0.25, 0.3) is 5.78 Å². The standard InChI is InChI=1S/C20H15FN4O3S/c21-16-2-1-3-18(10-16)29(27,28)17-6-4-14(5-7-17)11-23-19(26)15-12-24-20-22-8-9-25(20)13-15/h1-10,12-13H,11H2,(H,23,26). The van der Waals surface area contributed by atoms with E-state index in [-0.39, 0.29) is 22.2 Å². The Bertz CT molecular complexity index is 1300. The van der Waals surface area contributed by atoms with Crippen LogP contribution in [0, 0.1) is 5.82 Å². The molecule has 7 nitrogen and oxygen atoms in total. The number of nitrogens with one attached hydrogen (secondary N) is 1. The average molecular weight is 410 g/mol. The molecule has 2 aromatic heterocycles. The van der Waals surface area contributed by atoms with Crippen molar-refractivity contribution in [2.24, 2.45) is 0 Å². The van der Waals surface area contributed by atoms with Gasteiger partial charge in [-0.25, -0.2) is 22.8 Å². The Morgan fingerprint density at radius 1 is 1.07 bits per heavy atom. The van der Waals surface area contributed by atoms with E-state index in [1.165, 1.54) is 36.5 Å². The number of imidazole rings is 1. The van der Waals surface area contributed by atoms with Crippen LogP contribution in [0.15, 0.2) is 83.1 Å². The third-order valence-electron chi connectivity index (χ3n) is 4.30. The molecule has 0 atom stereocenters. The molecular weight excluding hydrogens is 395 g/mol. The van der Waals surface area contributed by atoms with Crippen LogP contribution in [0.3, 0.4) is 0 Å². The van der Waals surface area contributed by atoms with E-state index < -0.39 is 15.7 Å². The number of amides is 1. The van der Waals surface area contributed by atoms with Gasteiger partial charge >= 0.3 is 0 Å². The predicted molar refractivity (Wildman–Crippen MR) is 102 cm³/mol. The molecule has 0 radical (unpaired) electrons. The second kappa shape index (κ2) is 7.44. The number of halogens is 1. The second-order valence-corrected chi connectivity index (χ2v) is 8.21. The van der Waals surface area contributed by atoms with E-state index in [1.807, 2.05) is 0 Å². The molecule has 2 aromatic carbocycles. The number of carbonyl (C=O) groups is 1. The second-order valence-electron chi connectivity index (χ2n) is 6.26. The molecule has 29 heavy (non-hydrogen) atoms. The highest BCUT2D eigenvalue weighted by Gasteiger charge is 2.18. The molecule has 9 heteroatoms. The molecule has 146 valence electrons. The zero-order valence-electron chi connectivity index (χ0n) is 15.0. The molecular formula is C20H15FN4O3S. The number of rotatable bonds is 5. The van der Waals surface area contributed by atoms with E-state index in [4.69, 9.17) is 0 Å². The highest BCUT2D eigenvalue weighted by atomic mass is 32.2. The number of aromatic nitrogens is 3. The molecule has 0 saturated heterocycles. The van der Waals surface area contributed by atoms with E-state index in [1.54, 1.807) is 35.1 Å². The van der Waals surface area contributed by atoms with Crippen LogP contribution in [0.1, 0.15) is 15.9 Å². The van der Waals surface area contributed by atoms with Gasteiger partial charge in [-0.1, -0.05) is 18.2 Å². The lowest BCUT2D eigenvalue weighted by Gasteiger charge is -2.08. The van der Waals surface area contributed by atoms with E-state index >= 15 is 0 Å². The molecule has 4 aromatic rings. The fourth-order valence-electron chi connectivity index (χ4n) is 2.77. The lowest BCUT2D eigenvalue weighted by Crippen LogP contribution is -2.23. The van der Waals surface area contributed by atoms with Crippen molar-refractivity contribution in [2.75, 3.05) is 0 Å². The molecule has 2 heterocycles. The molecule has 4 rings (SSSR count). The van der Waals surface area contributed by atoms with Crippen molar-refractivity contribution in [1.29, 1.82) is 0 Å². The van der Waals surface area contributed by atoms with Crippen molar-refractivity contribution in [1.82, 2.24) is 19.7 Å². The summed E-state index contributed by atoms with van der Waals surface area (Å²) in [6, 6.07) is 10.9. The monoisotopic (exact) mass is 410 g/mol. The Hall–Kier alpha value is -3.59. The van der Waals surface area contributed by atoms with Crippen LogP contribution in [-0.4, -0.2) is 28.7 Å². The minimum atomic E-state index is -3.81. The lowest BCUT2D eigenvalue weighted by molar-refractivity contribution is 0.0950. The van der Waals surface area contributed by atoms with Crippen LogP contribution in [0.2, 0.25) is 0 Å². The van der Waals surface area contributed by atoms with Crippen LogP contribution in [0.5, 0.6) is 0 Å². The number of hydrogen-bond acceptors (Lipinski definition) is 5. The lowest BCUT2D eigenvalue weighted by atomic mass is 10.2. The topological polar surface area (TPSA) is 93.4 Å². The summed E-state index contributed by atoms with van der Waals surface area (Å²) >= 11 is 0. The Morgan fingerprint density at radius 2 is 1.86 bits per heavy atom. The van der Waals surface area contributed by atoms with E-state index in [0.717, 1.165) is 6.07 Å². The van der Waals surface area contributed by atoms with Gasteiger partial charge in [0.05, 0.1) is 15.4 Å². The summed E-state index contributed by atoms with van der Waals surface area (Å²) in [5.41, 5.74) is 1.09.